The number of hydrogen-bond donors (Lipinski definition) is 1. The van der Waals surface area contributed by atoms with Crippen LogP contribution in [0.2, 0.25) is 0 Å². The van der Waals surface area contributed by atoms with Crippen LogP contribution in [0.25, 0.3) is 0 Å². The van der Waals surface area contributed by atoms with Crippen LogP contribution in [0.3, 0.4) is 0 Å². The van der Waals surface area contributed by atoms with Crippen LogP contribution < -0.4 is 15.0 Å². The van der Waals surface area contributed by atoms with E-state index in [1.807, 2.05) is 0 Å². The lowest BCUT2D eigenvalue weighted by atomic mass is 10.1. The Kier molecular flexibility index (Phi) is 8.21. The van der Waals surface area contributed by atoms with Crippen molar-refractivity contribution in [3.8, 4) is 5.75 Å². The molecule has 0 heterocycles. The second-order valence-electron chi connectivity index (χ2n) is 5.67. The molecule has 120 valence electrons. The van der Waals surface area contributed by atoms with Crippen LogP contribution in [0.15, 0.2) is 18.2 Å². The molecular formula is C18H32N2O. The summed E-state index contributed by atoms with van der Waals surface area (Å²) in [7, 11) is 0. The van der Waals surface area contributed by atoms with Crippen LogP contribution in [0.5, 0.6) is 5.75 Å². The number of nitrogens with one attached hydrogen (secondary N) is 1. The molecule has 0 fully saturated rings. The molecule has 21 heavy (non-hydrogen) atoms. The van der Waals surface area contributed by atoms with Gasteiger partial charge in [0.2, 0.25) is 0 Å². The zero-order valence-corrected chi connectivity index (χ0v) is 14.4. The fourth-order valence-corrected chi connectivity index (χ4v) is 2.38. The van der Waals surface area contributed by atoms with E-state index in [-0.39, 0.29) is 6.10 Å². The second kappa shape index (κ2) is 9.67. The summed E-state index contributed by atoms with van der Waals surface area (Å²) in [5.74, 6) is 1.00. The number of ether oxygens (including phenoxy) is 1. The number of nitrogens with zero attached hydrogens (tertiary/aromatic N) is 1. The van der Waals surface area contributed by atoms with E-state index < -0.39 is 0 Å². The van der Waals surface area contributed by atoms with E-state index in [2.05, 4.69) is 63.0 Å². The summed E-state index contributed by atoms with van der Waals surface area (Å²) in [5, 5.41) is 3.49. The first-order valence-corrected chi connectivity index (χ1v) is 8.37. The molecule has 0 atom stereocenters. The van der Waals surface area contributed by atoms with E-state index in [0.717, 1.165) is 31.9 Å². The zero-order chi connectivity index (χ0) is 15.7. The molecule has 1 aromatic carbocycles. The van der Waals surface area contributed by atoms with Gasteiger partial charge in [0.25, 0.3) is 0 Å². The van der Waals surface area contributed by atoms with Gasteiger partial charge in [0.05, 0.1) is 11.8 Å². The number of unbranched alkanes of at least 4 members (excludes halogenated alkanes) is 1. The van der Waals surface area contributed by atoms with Crippen LogP contribution >= 0.6 is 0 Å². The molecule has 0 aliphatic carbocycles. The highest BCUT2D eigenvalue weighted by atomic mass is 16.5. The van der Waals surface area contributed by atoms with Gasteiger partial charge in [-0.25, -0.2) is 0 Å². The molecule has 1 rings (SSSR count). The van der Waals surface area contributed by atoms with Gasteiger partial charge in [0, 0.05) is 19.6 Å². The standard InChI is InChI=1S/C18H32N2O/c1-6-9-12-19-14-16-10-11-17(20(7-2)8-3)18(13-16)21-15(4)5/h10-11,13,15,19H,6-9,12,14H2,1-5H3. The SMILES string of the molecule is CCCCNCc1ccc(N(CC)CC)c(OC(C)C)c1. The third-order valence-corrected chi connectivity index (χ3v) is 3.53. The smallest absolute Gasteiger partial charge is 0.143 e. The largest absolute Gasteiger partial charge is 0.489 e. The summed E-state index contributed by atoms with van der Waals surface area (Å²) in [6, 6.07) is 6.59. The lowest BCUT2D eigenvalue weighted by molar-refractivity contribution is 0.242. The topological polar surface area (TPSA) is 24.5 Å². The molecule has 0 amide bonds. The number of hydrogen-bond acceptors (Lipinski definition) is 3. The summed E-state index contributed by atoms with van der Waals surface area (Å²) in [6.07, 6.45) is 2.66. The highest BCUT2D eigenvalue weighted by molar-refractivity contribution is 5.59. The maximum Gasteiger partial charge on any atom is 0.143 e. The first kappa shape index (κ1) is 17.8. The van der Waals surface area contributed by atoms with E-state index in [1.165, 1.54) is 24.1 Å². The fourth-order valence-electron chi connectivity index (χ4n) is 2.38. The summed E-state index contributed by atoms with van der Waals surface area (Å²) < 4.78 is 6.03. The van der Waals surface area contributed by atoms with Gasteiger partial charge in [0.1, 0.15) is 5.75 Å². The predicted octanol–water partition coefficient (Wildman–Crippen LogP) is 4.21. The lowest BCUT2D eigenvalue weighted by Crippen LogP contribution is -2.23. The molecule has 3 heteroatoms. The second-order valence-corrected chi connectivity index (χ2v) is 5.67. The number of anilines is 1. The maximum absolute atomic E-state index is 6.03. The molecule has 1 aromatic rings. The van der Waals surface area contributed by atoms with E-state index >= 15 is 0 Å². The van der Waals surface area contributed by atoms with Crippen molar-refractivity contribution in [3.05, 3.63) is 23.8 Å². The van der Waals surface area contributed by atoms with Crippen LogP contribution in [0, 0.1) is 0 Å². The average Bonchev–Trinajstić information content (AvgIpc) is 2.46. The Hall–Kier alpha value is -1.22. The molecule has 0 bridgehead atoms. The minimum Gasteiger partial charge on any atom is -0.489 e. The Morgan fingerprint density at radius 1 is 1.14 bits per heavy atom. The van der Waals surface area contributed by atoms with Crippen molar-refractivity contribution < 1.29 is 4.74 Å². The highest BCUT2D eigenvalue weighted by Crippen LogP contribution is 2.30. The Morgan fingerprint density at radius 2 is 1.86 bits per heavy atom. The van der Waals surface area contributed by atoms with Gasteiger partial charge in [-0.2, -0.15) is 0 Å². The average molecular weight is 292 g/mol. The van der Waals surface area contributed by atoms with Crippen molar-refractivity contribution in [1.82, 2.24) is 5.32 Å². The van der Waals surface area contributed by atoms with Gasteiger partial charge < -0.3 is 15.0 Å². The zero-order valence-electron chi connectivity index (χ0n) is 14.4. The van der Waals surface area contributed by atoms with Gasteiger partial charge in [-0.15, -0.1) is 0 Å². The monoisotopic (exact) mass is 292 g/mol. The van der Waals surface area contributed by atoms with E-state index in [0.29, 0.717) is 0 Å². The fraction of sp³-hybridized carbons (Fsp3) is 0.667. The van der Waals surface area contributed by atoms with Gasteiger partial charge in [0.15, 0.2) is 0 Å². The van der Waals surface area contributed by atoms with Gasteiger partial charge >= 0.3 is 0 Å². The van der Waals surface area contributed by atoms with E-state index in [1.54, 1.807) is 0 Å². The minimum absolute atomic E-state index is 0.197. The number of benzene rings is 1. The molecule has 0 saturated heterocycles. The molecule has 0 spiro atoms. The van der Waals surface area contributed by atoms with Crippen molar-refractivity contribution in [2.24, 2.45) is 0 Å². The molecular weight excluding hydrogens is 260 g/mol. The summed E-state index contributed by atoms with van der Waals surface area (Å²) in [4.78, 5) is 2.34. The normalized spacial score (nSPS) is 11.0. The van der Waals surface area contributed by atoms with Gasteiger partial charge in [-0.1, -0.05) is 19.4 Å². The highest BCUT2D eigenvalue weighted by Gasteiger charge is 2.11. The Labute approximate surface area is 130 Å². The van der Waals surface area contributed by atoms with Crippen LogP contribution in [0.4, 0.5) is 5.69 Å². The van der Waals surface area contributed by atoms with E-state index in [9.17, 15) is 0 Å². The van der Waals surface area contributed by atoms with Crippen LogP contribution in [-0.4, -0.2) is 25.7 Å². The molecule has 0 aromatic heterocycles. The van der Waals surface area contributed by atoms with Gasteiger partial charge in [-0.05, 0) is 58.4 Å². The van der Waals surface area contributed by atoms with Crippen molar-refractivity contribution >= 4 is 5.69 Å². The minimum atomic E-state index is 0.197. The van der Waals surface area contributed by atoms with Crippen molar-refractivity contribution in [2.75, 3.05) is 24.5 Å². The van der Waals surface area contributed by atoms with Gasteiger partial charge in [-0.3, -0.25) is 0 Å². The number of rotatable bonds is 10. The third kappa shape index (κ3) is 5.96. The molecule has 0 saturated carbocycles. The summed E-state index contributed by atoms with van der Waals surface area (Å²) in [6.45, 7) is 14.7. The molecule has 0 radical (unpaired) electrons. The van der Waals surface area contributed by atoms with Crippen molar-refractivity contribution in [2.45, 2.75) is 60.1 Å². The molecule has 0 aliphatic heterocycles. The van der Waals surface area contributed by atoms with Crippen molar-refractivity contribution in [1.29, 1.82) is 0 Å². The summed E-state index contributed by atoms with van der Waals surface area (Å²) in [5.41, 5.74) is 2.49. The first-order chi connectivity index (χ1) is 10.1. The Bertz CT molecular complexity index is 400. The van der Waals surface area contributed by atoms with E-state index in [4.69, 9.17) is 4.74 Å². The predicted molar refractivity (Wildman–Crippen MR) is 92.4 cm³/mol. The lowest BCUT2D eigenvalue weighted by Gasteiger charge is -2.25. The maximum atomic E-state index is 6.03. The molecule has 0 aliphatic rings. The Morgan fingerprint density at radius 3 is 2.43 bits per heavy atom. The molecule has 3 nitrogen and oxygen atoms in total. The van der Waals surface area contributed by atoms with Crippen LogP contribution in [-0.2, 0) is 6.54 Å². The first-order valence-electron chi connectivity index (χ1n) is 8.37. The molecule has 1 N–H and O–H groups in total. The van der Waals surface area contributed by atoms with Crippen LogP contribution in [0.1, 0.15) is 53.0 Å². The quantitative estimate of drug-likeness (QED) is 0.654. The third-order valence-electron chi connectivity index (χ3n) is 3.53. The van der Waals surface area contributed by atoms with Crippen molar-refractivity contribution in [3.63, 3.8) is 0 Å². The molecule has 0 unspecified atom stereocenters. The summed E-state index contributed by atoms with van der Waals surface area (Å²) >= 11 is 0. The Balaban J connectivity index is 2.84.